The minimum Gasteiger partial charge on any atom is -0.396 e. The van der Waals surface area contributed by atoms with E-state index < -0.39 is 24.6 Å². The third kappa shape index (κ3) is 16.6. The Balaban J connectivity index is 3.62. The zero-order valence-electron chi connectivity index (χ0n) is 17.0. The van der Waals surface area contributed by atoms with E-state index in [0.717, 1.165) is 19.3 Å². The molecular formula is C23H38O5. The first kappa shape index (κ1) is 26.5. The topological polar surface area (TPSA) is 98.0 Å². The van der Waals surface area contributed by atoms with E-state index in [1.807, 2.05) is 18.2 Å². The quantitative estimate of drug-likeness (QED) is 0.162. The lowest BCUT2D eigenvalue weighted by Gasteiger charge is -2.11. The van der Waals surface area contributed by atoms with Gasteiger partial charge in [-0.05, 0) is 25.3 Å². The summed E-state index contributed by atoms with van der Waals surface area (Å²) >= 11 is 0. The second-order valence-electron chi connectivity index (χ2n) is 6.85. The van der Waals surface area contributed by atoms with Crippen LogP contribution in [0.3, 0.4) is 0 Å². The van der Waals surface area contributed by atoms with E-state index in [1.54, 1.807) is 12.2 Å². The van der Waals surface area contributed by atoms with Crippen molar-refractivity contribution in [1.29, 1.82) is 0 Å². The van der Waals surface area contributed by atoms with Crippen LogP contribution in [0.4, 0.5) is 0 Å². The summed E-state index contributed by atoms with van der Waals surface area (Å²) in [4.78, 5) is 11.4. The Kier molecular flexibility index (Phi) is 19.1. The van der Waals surface area contributed by atoms with Crippen molar-refractivity contribution in [3.63, 3.8) is 0 Å². The molecule has 28 heavy (non-hydrogen) atoms. The third-order valence-electron chi connectivity index (χ3n) is 4.32. The number of aliphatic hydroxyl groups is 4. The van der Waals surface area contributed by atoms with Gasteiger partial charge >= 0.3 is 0 Å². The maximum atomic E-state index is 11.4. The maximum absolute atomic E-state index is 11.4. The highest BCUT2D eigenvalue weighted by Gasteiger charge is 2.20. The first-order valence-electron chi connectivity index (χ1n) is 10.4. The smallest absolute Gasteiger partial charge is 0.186 e. The van der Waals surface area contributed by atoms with Crippen LogP contribution in [0, 0.1) is 0 Å². The number of carbonyl (C=O) groups excluding carboxylic acids is 1. The Morgan fingerprint density at radius 1 is 0.679 bits per heavy atom. The van der Waals surface area contributed by atoms with E-state index in [0.29, 0.717) is 6.61 Å². The standard InChI is InChI=1S/C23H38O5/c24-19-17-15-13-11-9-7-5-3-1-2-4-6-8-10-12-14-16-18-21(26)23(28)22(27)20-25/h4,6,8,10,12,14,16,18,22-25,27-28H,1-3,5,7,9,11,13,15,17,19-20H2. The Morgan fingerprint density at radius 2 is 1.18 bits per heavy atom. The van der Waals surface area contributed by atoms with Gasteiger partial charge in [0.15, 0.2) is 5.78 Å². The number of ketones is 1. The minimum atomic E-state index is -1.59. The van der Waals surface area contributed by atoms with Crippen molar-refractivity contribution in [1.82, 2.24) is 0 Å². The van der Waals surface area contributed by atoms with E-state index in [-0.39, 0.29) is 0 Å². The fourth-order valence-electron chi connectivity index (χ4n) is 2.58. The molecule has 0 aromatic carbocycles. The van der Waals surface area contributed by atoms with Gasteiger partial charge in [-0.1, -0.05) is 87.5 Å². The maximum Gasteiger partial charge on any atom is 0.186 e. The highest BCUT2D eigenvalue weighted by atomic mass is 16.4. The molecule has 0 aliphatic heterocycles. The van der Waals surface area contributed by atoms with E-state index >= 15 is 0 Å². The molecule has 5 heteroatoms. The molecule has 0 aromatic rings. The molecule has 0 aliphatic carbocycles. The lowest BCUT2D eigenvalue weighted by atomic mass is 10.1. The number of aliphatic hydroxyl groups excluding tert-OH is 4. The molecule has 0 aliphatic rings. The molecule has 5 nitrogen and oxygen atoms in total. The SMILES string of the molecule is O=C(C=CC=CC=CC=CCCCCCCCCCCCO)C(O)C(O)CO. The first-order valence-corrected chi connectivity index (χ1v) is 10.4. The van der Waals surface area contributed by atoms with Gasteiger partial charge in [0.25, 0.3) is 0 Å². The number of unbranched alkanes of at least 4 members (excludes halogenated alkanes) is 9. The minimum absolute atomic E-state index is 0.319. The van der Waals surface area contributed by atoms with Gasteiger partial charge in [-0.2, -0.15) is 0 Å². The van der Waals surface area contributed by atoms with Gasteiger partial charge in [-0.3, -0.25) is 4.79 Å². The first-order chi connectivity index (χ1) is 13.6. The number of rotatable bonds is 18. The molecule has 0 radical (unpaired) electrons. The largest absolute Gasteiger partial charge is 0.396 e. The number of hydrogen-bond donors (Lipinski definition) is 4. The van der Waals surface area contributed by atoms with Crippen molar-refractivity contribution in [2.75, 3.05) is 13.2 Å². The van der Waals surface area contributed by atoms with Crippen molar-refractivity contribution >= 4 is 5.78 Å². The molecule has 0 bridgehead atoms. The van der Waals surface area contributed by atoms with Crippen LogP contribution in [0.5, 0.6) is 0 Å². The molecule has 160 valence electrons. The molecule has 0 heterocycles. The molecule has 0 saturated heterocycles. The van der Waals surface area contributed by atoms with Crippen molar-refractivity contribution in [2.45, 2.75) is 76.4 Å². The van der Waals surface area contributed by atoms with Gasteiger partial charge in [0, 0.05) is 6.61 Å². The fraction of sp³-hybridized carbons (Fsp3) is 0.609. The molecular weight excluding hydrogens is 356 g/mol. The summed E-state index contributed by atoms with van der Waals surface area (Å²) in [5.74, 6) is -0.642. The Morgan fingerprint density at radius 3 is 1.75 bits per heavy atom. The van der Waals surface area contributed by atoms with Gasteiger partial charge in [0.05, 0.1) is 6.61 Å². The normalized spacial score (nSPS) is 14.7. The van der Waals surface area contributed by atoms with E-state index in [4.69, 9.17) is 15.3 Å². The molecule has 2 unspecified atom stereocenters. The summed E-state index contributed by atoms with van der Waals surface area (Å²) in [6.45, 7) is -0.336. The summed E-state index contributed by atoms with van der Waals surface area (Å²) in [5.41, 5.74) is 0. The van der Waals surface area contributed by atoms with Crippen LogP contribution in [-0.2, 0) is 4.79 Å². The molecule has 0 aromatic heterocycles. The zero-order chi connectivity index (χ0) is 20.9. The predicted octanol–water partition coefficient (Wildman–Crippen LogP) is 3.39. The highest BCUT2D eigenvalue weighted by Crippen LogP contribution is 2.10. The van der Waals surface area contributed by atoms with Gasteiger partial charge in [0.1, 0.15) is 12.2 Å². The molecule has 4 N–H and O–H groups in total. The average molecular weight is 395 g/mol. The fourth-order valence-corrected chi connectivity index (χ4v) is 2.58. The second-order valence-corrected chi connectivity index (χ2v) is 6.85. The average Bonchev–Trinajstić information content (AvgIpc) is 2.71. The van der Waals surface area contributed by atoms with Crippen LogP contribution < -0.4 is 0 Å². The van der Waals surface area contributed by atoms with Crippen LogP contribution in [0.15, 0.2) is 48.6 Å². The van der Waals surface area contributed by atoms with Gasteiger partial charge in [-0.25, -0.2) is 0 Å². The molecule has 0 spiro atoms. The summed E-state index contributed by atoms with van der Waals surface area (Å²) in [5, 5.41) is 35.9. The van der Waals surface area contributed by atoms with Crippen LogP contribution in [-0.4, -0.2) is 51.6 Å². The lowest BCUT2D eigenvalue weighted by molar-refractivity contribution is -0.129. The summed E-state index contributed by atoms with van der Waals surface area (Å²) in [6, 6.07) is 0. The zero-order valence-corrected chi connectivity index (χ0v) is 17.0. The summed E-state index contributed by atoms with van der Waals surface area (Å²) in [6.07, 6.45) is 23.0. The van der Waals surface area contributed by atoms with Gasteiger partial charge in [0.2, 0.25) is 0 Å². The number of hydrogen-bond acceptors (Lipinski definition) is 5. The van der Waals surface area contributed by atoms with E-state index in [1.165, 1.54) is 57.1 Å². The lowest BCUT2D eigenvalue weighted by Crippen LogP contribution is -2.35. The van der Waals surface area contributed by atoms with Crippen LogP contribution >= 0.6 is 0 Å². The van der Waals surface area contributed by atoms with Crippen molar-refractivity contribution < 1.29 is 25.2 Å². The van der Waals surface area contributed by atoms with Crippen LogP contribution in [0.1, 0.15) is 64.2 Å². The Hall–Kier alpha value is -1.53. The monoisotopic (exact) mass is 394 g/mol. The summed E-state index contributed by atoms with van der Waals surface area (Å²) in [7, 11) is 0. The number of allylic oxidation sites excluding steroid dienone is 7. The highest BCUT2D eigenvalue weighted by molar-refractivity contribution is 5.94. The Bertz CT molecular complexity index is 479. The molecule has 0 amide bonds. The van der Waals surface area contributed by atoms with Crippen LogP contribution in [0.2, 0.25) is 0 Å². The molecule has 0 saturated carbocycles. The van der Waals surface area contributed by atoms with E-state index in [9.17, 15) is 9.90 Å². The van der Waals surface area contributed by atoms with Crippen molar-refractivity contribution in [3.05, 3.63) is 48.6 Å². The van der Waals surface area contributed by atoms with Gasteiger partial charge < -0.3 is 20.4 Å². The van der Waals surface area contributed by atoms with Crippen molar-refractivity contribution in [3.8, 4) is 0 Å². The third-order valence-corrected chi connectivity index (χ3v) is 4.32. The van der Waals surface area contributed by atoms with Crippen molar-refractivity contribution in [2.24, 2.45) is 0 Å². The van der Waals surface area contributed by atoms with Crippen LogP contribution in [0.25, 0.3) is 0 Å². The Labute approximate surface area is 169 Å². The van der Waals surface area contributed by atoms with E-state index in [2.05, 4.69) is 6.08 Å². The predicted molar refractivity (Wildman–Crippen MR) is 114 cm³/mol. The molecule has 0 fully saturated rings. The molecule has 0 rings (SSSR count). The van der Waals surface area contributed by atoms with Gasteiger partial charge in [-0.15, -0.1) is 0 Å². The molecule has 2 atom stereocenters. The number of carbonyl (C=O) groups is 1. The summed E-state index contributed by atoms with van der Waals surface area (Å²) < 4.78 is 0. The second kappa shape index (κ2) is 20.2.